The highest BCUT2D eigenvalue weighted by atomic mass is 19.4. The zero-order chi connectivity index (χ0) is 27.8. The molecule has 2 aromatic rings. The molecular formula is C28H38F3N5O2. The van der Waals surface area contributed by atoms with Crippen molar-refractivity contribution in [2.24, 2.45) is 0 Å². The summed E-state index contributed by atoms with van der Waals surface area (Å²) >= 11 is 0. The topological polar surface area (TPSA) is 61.8 Å². The number of aryl methyl sites for hydroxylation is 2. The summed E-state index contributed by atoms with van der Waals surface area (Å²) in [5.74, 6) is -0.0340. The first-order chi connectivity index (χ1) is 17.8. The first-order valence-electron chi connectivity index (χ1n) is 13.2. The molecule has 0 radical (unpaired) electrons. The molecule has 2 aliphatic rings. The number of alkyl halides is 3. The number of benzene rings is 1. The molecule has 38 heavy (non-hydrogen) atoms. The van der Waals surface area contributed by atoms with Gasteiger partial charge in [0.2, 0.25) is 0 Å². The van der Waals surface area contributed by atoms with E-state index >= 15 is 0 Å². The molecule has 2 aliphatic heterocycles. The van der Waals surface area contributed by atoms with Crippen molar-refractivity contribution in [3.63, 3.8) is 0 Å². The lowest BCUT2D eigenvalue weighted by Crippen LogP contribution is -2.62. The molecule has 208 valence electrons. The van der Waals surface area contributed by atoms with Crippen LogP contribution in [0.15, 0.2) is 24.3 Å². The third-order valence-electron chi connectivity index (χ3n) is 8.43. The van der Waals surface area contributed by atoms with Crippen LogP contribution in [0.5, 0.6) is 6.01 Å². The van der Waals surface area contributed by atoms with Gasteiger partial charge in [0.25, 0.3) is 5.91 Å². The first-order valence-corrected chi connectivity index (χ1v) is 13.2. The highest BCUT2D eigenvalue weighted by Gasteiger charge is 2.41. The second-order valence-corrected chi connectivity index (χ2v) is 10.9. The van der Waals surface area contributed by atoms with E-state index in [-0.39, 0.29) is 29.5 Å². The highest BCUT2D eigenvalue weighted by molar-refractivity contribution is 5.96. The maximum atomic E-state index is 13.3. The summed E-state index contributed by atoms with van der Waals surface area (Å²) in [6.07, 6.45) is -2.58. The van der Waals surface area contributed by atoms with Crippen LogP contribution in [0.25, 0.3) is 0 Å². The third kappa shape index (κ3) is 5.66. The van der Waals surface area contributed by atoms with Crippen LogP contribution in [0.1, 0.15) is 72.5 Å². The minimum atomic E-state index is -4.32. The Bertz CT molecular complexity index is 1120. The van der Waals surface area contributed by atoms with Gasteiger partial charge in [-0.05, 0) is 65.2 Å². The molecule has 0 saturated carbocycles. The number of methoxy groups -OCH3 is 1. The molecule has 1 aromatic carbocycles. The van der Waals surface area contributed by atoms with Crippen molar-refractivity contribution in [2.45, 2.75) is 71.3 Å². The van der Waals surface area contributed by atoms with E-state index in [1.165, 1.54) is 19.2 Å². The zero-order valence-corrected chi connectivity index (χ0v) is 23.1. The molecular weight excluding hydrogens is 495 g/mol. The summed E-state index contributed by atoms with van der Waals surface area (Å²) < 4.78 is 44.0. The van der Waals surface area contributed by atoms with Gasteiger partial charge < -0.3 is 9.64 Å². The van der Waals surface area contributed by atoms with E-state index in [9.17, 15) is 18.0 Å². The summed E-state index contributed by atoms with van der Waals surface area (Å²) in [6.45, 7) is 14.1. The Morgan fingerprint density at radius 3 is 2.13 bits per heavy atom. The summed E-state index contributed by atoms with van der Waals surface area (Å²) in [5, 5.41) is 0. The fourth-order valence-electron chi connectivity index (χ4n) is 5.93. The third-order valence-corrected chi connectivity index (χ3v) is 8.43. The van der Waals surface area contributed by atoms with E-state index in [4.69, 9.17) is 4.74 Å². The summed E-state index contributed by atoms with van der Waals surface area (Å²) in [7, 11) is 1.51. The number of carbonyl (C=O) groups excluding carboxylic acids is 1. The SMILES string of the molecule is COc1nc(C)c(C(=O)N2CCC(C)(N3CCN([C@@H](C)c4ccc(C(F)(F)F)cc4)[C@@H](C)C3)CC2)c(C)n1. The van der Waals surface area contributed by atoms with Gasteiger partial charge in [0.1, 0.15) is 0 Å². The number of nitrogens with zero attached hydrogens (tertiary/aromatic N) is 5. The Morgan fingerprint density at radius 2 is 1.63 bits per heavy atom. The number of carbonyl (C=O) groups is 1. The van der Waals surface area contributed by atoms with Crippen molar-refractivity contribution in [1.29, 1.82) is 0 Å². The van der Waals surface area contributed by atoms with Crippen LogP contribution in [0.3, 0.4) is 0 Å². The monoisotopic (exact) mass is 533 g/mol. The standard InChI is InChI=1S/C28H38F3N5O2/c1-18-17-35(15-16-36(18)21(4)22-7-9-23(10-8-22)28(29,30)31)27(5)11-13-34(14-12-27)25(37)24-19(2)32-26(38-6)33-20(24)3/h7-10,18,21H,11-17H2,1-6H3/t18-,21-/m0/s1. The minimum Gasteiger partial charge on any atom is -0.467 e. The molecule has 1 aromatic heterocycles. The normalized spacial score (nSPS) is 21.8. The second-order valence-electron chi connectivity index (χ2n) is 10.9. The lowest BCUT2D eigenvalue weighted by atomic mass is 9.86. The van der Waals surface area contributed by atoms with Gasteiger partial charge in [0, 0.05) is 50.3 Å². The van der Waals surface area contributed by atoms with Crippen molar-refractivity contribution in [3.8, 4) is 6.01 Å². The van der Waals surface area contributed by atoms with Crippen molar-refractivity contribution in [1.82, 2.24) is 24.7 Å². The van der Waals surface area contributed by atoms with E-state index in [0.717, 1.165) is 38.0 Å². The maximum absolute atomic E-state index is 13.3. The second kappa shape index (κ2) is 10.8. The number of piperidine rings is 1. The zero-order valence-electron chi connectivity index (χ0n) is 23.1. The Kier molecular flexibility index (Phi) is 8.04. The van der Waals surface area contributed by atoms with Crippen LogP contribution in [-0.4, -0.2) is 82.0 Å². The van der Waals surface area contributed by atoms with E-state index in [1.807, 2.05) is 18.7 Å². The molecule has 10 heteroatoms. The van der Waals surface area contributed by atoms with Crippen LogP contribution in [0, 0.1) is 13.8 Å². The number of hydrogen-bond acceptors (Lipinski definition) is 6. The molecule has 0 bridgehead atoms. The highest BCUT2D eigenvalue weighted by Crippen LogP contribution is 2.35. The fraction of sp³-hybridized carbons (Fsp3) is 0.607. The largest absolute Gasteiger partial charge is 0.467 e. The smallest absolute Gasteiger partial charge is 0.416 e. The van der Waals surface area contributed by atoms with E-state index in [2.05, 4.69) is 40.5 Å². The quantitative estimate of drug-likeness (QED) is 0.546. The van der Waals surface area contributed by atoms with Gasteiger partial charge in [-0.25, -0.2) is 0 Å². The van der Waals surface area contributed by atoms with Gasteiger partial charge in [-0.3, -0.25) is 14.6 Å². The van der Waals surface area contributed by atoms with Crippen LogP contribution in [0.4, 0.5) is 13.2 Å². The molecule has 0 spiro atoms. The number of halogens is 3. The Balaban J connectivity index is 1.36. The van der Waals surface area contributed by atoms with Crippen molar-refractivity contribution in [3.05, 3.63) is 52.3 Å². The number of piperazine rings is 1. The number of ether oxygens (including phenoxy) is 1. The number of amides is 1. The van der Waals surface area contributed by atoms with Crippen molar-refractivity contribution in [2.75, 3.05) is 39.8 Å². The van der Waals surface area contributed by atoms with Crippen LogP contribution in [-0.2, 0) is 6.18 Å². The average molecular weight is 534 g/mol. The van der Waals surface area contributed by atoms with Gasteiger partial charge in [0.15, 0.2) is 0 Å². The van der Waals surface area contributed by atoms with Gasteiger partial charge in [-0.2, -0.15) is 23.1 Å². The predicted molar refractivity (Wildman–Crippen MR) is 139 cm³/mol. The first kappa shape index (κ1) is 28.3. The van der Waals surface area contributed by atoms with Crippen molar-refractivity contribution >= 4 is 5.91 Å². The van der Waals surface area contributed by atoms with Gasteiger partial charge >= 0.3 is 12.2 Å². The number of rotatable bonds is 5. The molecule has 2 atom stereocenters. The Labute approximate surface area is 223 Å². The summed E-state index contributed by atoms with van der Waals surface area (Å²) in [6, 6.07) is 6.08. The molecule has 0 N–H and O–H groups in total. The van der Waals surface area contributed by atoms with E-state index in [1.54, 1.807) is 12.1 Å². The molecule has 0 aliphatic carbocycles. The van der Waals surface area contributed by atoms with E-state index in [0.29, 0.717) is 30.0 Å². The van der Waals surface area contributed by atoms with Gasteiger partial charge in [0.05, 0.1) is 29.6 Å². The van der Waals surface area contributed by atoms with Crippen LogP contribution >= 0.6 is 0 Å². The Morgan fingerprint density at radius 1 is 1.05 bits per heavy atom. The molecule has 7 nitrogen and oxygen atoms in total. The lowest BCUT2D eigenvalue weighted by Gasteiger charge is -2.52. The van der Waals surface area contributed by atoms with Crippen molar-refractivity contribution < 1.29 is 22.7 Å². The minimum absolute atomic E-state index is 0.0186. The van der Waals surface area contributed by atoms with Crippen LogP contribution < -0.4 is 4.74 Å². The fourth-order valence-corrected chi connectivity index (χ4v) is 5.93. The van der Waals surface area contributed by atoms with Crippen LogP contribution in [0.2, 0.25) is 0 Å². The number of likely N-dealkylation sites (tertiary alicyclic amines) is 1. The molecule has 4 rings (SSSR count). The summed E-state index contributed by atoms with van der Waals surface area (Å²) in [4.78, 5) is 28.7. The number of aromatic nitrogens is 2. The molecule has 1 amide bonds. The molecule has 2 fully saturated rings. The number of hydrogen-bond donors (Lipinski definition) is 0. The summed E-state index contributed by atoms with van der Waals surface area (Å²) in [5.41, 5.74) is 2.06. The average Bonchev–Trinajstić information content (AvgIpc) is 2.87. The molecule has 2 saturated heterocycles. The van der Waals surface area contributed by atoms with Gasteiger partial charge in [-0.1, -0.05) is 12.1 Å². The van der Waals surface area contributed by atoms with E-state index < -0.39 is 11.7 Å². The predicted octanol–water partition coefficient (Wildman–Crippen LogP) is 4.88. The maximum Gasteiger partial charge on any atom is 0.416 e. The molecule has 3 heterocycles. The van der Waals surface area contributed by atoms with Gasteiger partial charge in [-0.15, -0.1) is 0 Å². The Hall–Kier alpha value is -2.72. The molecule has 0 unspecified atom stereocenters. The lowest BCUT2D eigenvalue weighted by molar-refractivity contribution is -0.137.